The number of hydrogen-bond donors (Lipinski definition) is 1. The molecule has 1 rings (SSSR count). The number of nitrogens with two attached hydrogens (primary N) is 1. The molecule has 1 amide bonds. The number of carbonyl (C=O) groups excluding carboxylic acids is 1. The highest BCUT2D eigenvalue weighted by Gasteiger charge is 2.22. The lowest BCUT2D eigenvalue weighted by atomic mass is 10.3. The third-order valence-electron chi connectivity index (χ3n) is 2.65. The highest BCUT2D eigenvalue weighted by atomic mass is 16.6. The molecule has 0 atom stereocenters. The van der Waals surface area contributed by atoms with Gasteiger partial charge in [0.2, 0.25) is 0 Å². The molecule has 0 aliphatic carbocycles. The van der Waals surface area contributed by atoms with Gasteiger partial charge in [-0.1, -0.05) is 0 Å². The van der Waals surface area contributed by atoms with E-state index >= 15 is 0 Å². The SMILES string of the molecule is CC(C)OC(=O)N1CCN(CCCN)CC1. The van der Waals surface area contributed by atoms with Gasteiger partial charge in [0.15, 0.2) is 0 Å². The van der Waals surface area contributed by atoms with Crippen molar-refractivity contribution >= 4 is 6.09 Å². The third-order valence-corrected chi connectivity index (χ3v) is 2.65. The maximum absolute atomic E-state index is 11.6. The predicted molar refractivity (Wildman–Crippen MR) is 63.3 cm³/mol. The standard InChI is InChI=1S/C11H23N3O2/c1-10(2)16-11(15)14-8-6-13(7-9-14)5-3-4-12/h10H,3-9,12H2,1-2H3. The Labute approximate surface area is 97.5 Å². The molecular weight excluding hydrogens is 206 g/mol. The Hall–Kier alpha value is -0.810. The van der Waals surface area contributed by atoms with Crippen LogP contribution in [0.4, 0.5) is 4.79 Å². The molecule has 1 aliphatic rings. The van der Waals surface area contributed by atoms with Crippen LogP contribution in [0.15, 0.2) is 0 Å². The number of carbonyl (C=O) groups is 1. The molecular formula is C11H23N3O2. The van der Waals surface area contributed by atoms with Gasteiger partial charge in [0.1, 0.15) is 0 Å². The number of ether oxygens (including phenoxy) is 1. The van der Waals surface area contributed by atoms with Crippen molar-refractivity contribution in [2.75, 3.05) is 39.3 Å². The molecule has 1 aliphatic heterocycles. The molecule has 0 bridgehead atoms. The van der Waals surface area contributed by atoms with Crippen LogP contribution in [0.25, 0.3) is 0 Å². The highest BCUT2D eigenvalue weighted by Crippen LogP contribution is 2.05. The Kier molecular flexibility index (Phi) is 5.55. The van der Waals surface area contributed by atoms with E-state index in [0.717, 1.165) is 45.7 Å². The maximum atomic E-state index is 11.6. The Morgan fingerprint density at radius 1 is 1.31 bits per heavy atom. The van der Waals surface area contributed by atoms with E-state index in [1.165, 1.54) is 0 Å². The number of hydrogen-bond acceptors (Lipinski definition) is 4. The van der Waals surface area contributed by atoms with Crippen LogP contribution in [0.1, 0.15) is 20.3 Å². The molecule has 0 spiro atoms. The van der Waals surface area contributed by atoms with Crippen LogP contribution in [0, 0.1) is 0 Å². The maximum Gasteiger partial charge on any atom is 0.410 e. The monoisotopic (exact) mass is 229 g/mol. The summed E-state index contributed by atoms with van der Waals surface area (Å²) >= 11 is 0. The van der Waals surface area contributed by atoms with Crippen LogP contribution in [-0.4, -0.2) is 61.3 Å². The predicted octanol–water partition coefficient (Wildman–Crippen LogP) is 0.498. The Balaban J connectivity index is 2.23. The van der Waals surface area contributed by atoms with Crippen LogP contribution in [0.5, 0.6) is 0 Å². The Morgan fingerprint density at radius 2 is 1.94 bits per heavy atom. The van der Waals surface area contributed by atoms with Gasteiger partial charge in [0, 0.05) is 26.2 Å². The largest absolute Gasteiger partial charge is 0.447 e. The van der Waals surface area contributed by atoms with E-state index in [-0.39, 0.29) is 12.2 Å². The van der Waals surface area contributed by atoms with Crippen molar-refractivity contribution in [1.29, 1.82) is 0 Å². The minimum atomic E-state index is -0.187. The summed E-state index contributed by atoms with van der Waals surface area (Å²) in [7, 11) is 0. The van der Waals surface area contributed by atoms with Gasteiger partial charge < -0.3 is 15.4 Å². The van der Waals surface area contributed by atoms with E-state index in [9.17, 15) is 4.79 Å². The van der Waals surface area contributed by atoms with Gasteiger partial charge in [-0.05, 0) is 33.4 Å². The average molecular weight is 229 g/mol. The summed E-state index contributed by atoms with van der Waals surface area (Å²) in [6, 6.07) is 0. The van der Waals surface area contributed by atoms with Gasteiger partial charge in [-0.3, -0.25) is 4.90 Å². The molecule has 0 aromatic rings. The topological polar surface area (TPSA) is 58.8 Å². The molecule has 16 heavy (non-hydrogen) atoms. The fourth-order valence-corrected chi connectivity index (χ4v) is 1.75. The molecule has 5 nitrogen and oxygen atoms in total. The molecule has 0 radical (unpaired) electrons. The number of nitrogens with zero attached hydrogens (tertiary/aromatic N) is 2. The zero-order valence-corrected chi connectivity index (χ0v) is 10.3. The summed E-state index contributed by atoms with van der Waals surface area (Å²) in [5.74, 6) is 0. The summed E-state index contributed by atoms with van der Waals surface area (Å²) < 4.78 is 5.15. The van der Waals surface area contributed by atoms with E-state index in [1.54, 1.807) is 4.90 Å². The van der Waals surface area contributed by atoms with Crippen LogP contribution < -0.4 is 5.73 Å². The van der Waals surface area contributed by atoms with Crippen molar-refractivity contribution in [3.8, 4) is 0 Å². The van der Waals surface area contributed by atoms with Crippen molar-refractivity contribution in [2.24, 2.45) is 5.73 Å². The van der Waals surface area contributed by atoms with Crippen molar-refractivity contribution in [3.63, 3.8) is 0 Å². The summed E-state index contributed by atoms with van der Waals surface area (Å²) in [5.41, 5.74) is 5.46. The minimum Gasteiger partial charge on any atom is -0.447 e. The third kappa shape index (κ3) is 4.37. The van der Waals surface area contributed by atoms with Crippen LogP contribution in [0.3, 0.4) is 0 Å². The molecule has 0 aromatic heterocycles. The zero-order valence-electron chi connectivity index (χ0n) is 10.3. The van der Waals surface area contributed by atoms with E-state index in [0.29, 0.717) is 0 Å². The van der Waals surface area contributed by atoms with Crippen LogP contribution >= 0.6 is 0 Å². The Morgan fingerprint density at radius 3 is 2.44 bits per heavy atom. The smallest absolute Gasteiger partial charge is 0.410 e. The molecule has 94 valence electrons. The molecule has 0 aromatic carbocycles. The van der Waals surface area contributed by atoms with Crippen LogP contribution in [0.2, 0.25) is 0 Å². The molecule has 1 saturated heterocycles. The first-order valence-electron chi connectivity index (χ1n) is 6.01. The summed E-state index contributed by atoms with van der Waals surface area (Å²) in [6.07, 6.45) is 0.799. The van der Waals surface area contributed by atoms with Crippen molar-refractivity contribution in [1.82, 2.24) is 9.80 Å². The normalized spacial score (nSPS) is 17.9. The lowest BCUT2D eigenvalue weighted by Crippen LogP contribution is -2.49. The molecule has 1 heterocycles. The molecule has 0 saturated carbocycles. The first kappa shape index (κ1) is 13.3. The summed E-state index contributed by atoms with van der Waals surface area (Å²) in [4.78, 5) is 15.7. The minimum absolute atomic E-state index is 0.0391. The van der Waals surface area contributed by atoms with Crippen molar-refractivity contribution < 1.29 is 9.53 Å². The highest BCUT2D eigenvalue weighted by molar-refractivity contribution is 5.67. The van der Waals surface area contributed by atoms with Crippen molar-refractivity contribution in [3.05, 3.63) is 0 Å². The number of rotatable bonds is 4. The zero-order chi connectivity index (χ0) is 12.0. The van der Waals surface area contributed by atoms with Gasteiger partial charge in [-0.15, -0.1) is 0 Å². The first-order chi connectivity index (χ1) is 7.63. The van der Waals surface area contributed by atoms with E-state index in [2.05, 4.69) is 4.90 Å². The lowest BCUT2D eigenvalue weighted by molar-refractivity contribution is 0.0571. The molecule has 5 heteroatoms. The molecule has 0 unspecified atom stereocenters. The van der Waals surface area contributed by atoms with E-state index in [4.69, 9.17) is 10.5 Å². The van der Waals surface area contributed by atoms with E-state index < -0.39 is 0 Å². The van der Waals surface area contributed by atoms with E-state index in [1.807, 2.05) is 13.8 Å². The Bertz CT molecular complexity index is 213. The van der Waals surface area contributed by atoms with Gasteiger partial charge >= 0.3 is 6.09 Å². The average Bonchev–Trinajstić information content (AvgIpc) is 2.26. The van der Waals surface area contributed by atoms with Crippen molar-refractivity contribution in [2.45, 2.75) is 26.4 Å². The molecule has 1 fully saturated rings. The number of piperazine rings is 1. The van der Waals surface area contributed by atoms with Gasteiger partial charge in [-0.25, -0.2) is 4.79 Å². The quantitative estimate of drug-likeness (QED) is 0.762. The first-order valence-corrected chi connectivity index (χ1v) is 6.01. The second-order valence-corrected chi connectivity index (χ2v) is 4.40. The van der Waals surface area contributed by atoms with Gasteiger partial charge in [0.25, 0.3) is 0 Å². The fourth-order valence-electron chi connectivity index (χ4n) is 1.75. The number of amides is 1. The molecule has 2 N–H and O–H groups in total. The second kappa shape index (κ2) is 6.70. The van der Waals surface area contributed by atoms with Crippen LogP contribution in [-0.2, 0) is 4.74 Å². The summed E-state index contributed by atoms with van der Waals surface area (Å²) in [6.45, 7) is 8.87. The lowest BCUT2D eigenvalue weighted by Gasteiger charge is -2.34. The van der Waals surface area contributed by atoms with Gasteiger partial charge in [0.05, 0.1) is 6.10 Å². The van der Waals surface area contributed by atoms with Gasteiger partial charge in [-0.2, -0.15) is 0 Å². The second-order valence-electron chi connectivity index (χ2n) is 4.40. The fraction of sp³-hybridized carbons (Fsp3) is 0.909. The summed E-state index contributed by atoms with van der Waals surface area (Å²) in [5, 5.41) is 0.